The van der Waals surface area contributed by atoms with Gasteiger partial charge in [0.25, 0.3) is 0 Å². The monoisotopic (exact) mass is 605 g/mol. The van der Waals surface area contributed by atoms with Gasteiger partial charge in [0.1, 0.15) is 5.01 Å². The fourth-order valence-electron chi connectivity index (χ4n) is 5.96. The van der Waals surface area contributed by atoms with Crippen LogP contribution in [0.25, 0.3) is 20.8 Å². The highest BCUT2D eigenvalue weighted by Gasteiger charge is 2.36. The highest BCUT2D eigenvalue weighted by molar-refractivity contribution is 7.21. The summed E-state index contributed by atoms with van der Waals surface area (Å²) in [5.41, 5.74) is 9.64. The van der Waals surface area contributed by atoms with Crippen molar-refractivity contribution >= 4 is 62.0 Å². The fourth-order valence-corrected chi connectivity index (χ4v) is 6.98. The van der Waals surface area contributed by atoms with Crippen molar-refractivity contribution < 1.29 is 24.3 Å². The average Bonchev–Trinajstić information content (AvgIpc) is 3.49. The quantitative estimate of drug-likeness (QED) is 0.129. The Bertz CT molecular complexity index is 2300. The van der Waals surface area contributed by atoms with Crippen molar-refractivity contribution in [2.24, 2.45) is 4.99 Å². The molecular formula is C36H19N3O5S. The lowest BCUT2D eigenvalue weighted by Gasteiger charge is -2.22. The normalized spacial score (nSPS) is 13.8. The largest absolute Gasteiger partial charge is 0.493 e. The molecule has 0 saturated heterocycles. The Kier molecular flexibility index (Phi) is 5.74. The Morgan fingerprint density at radius 2 is 1.16 bits per heavy atom. The van der Waals surface area contributed by atoms with Crippen LogP contribution in [-0.2, 0) is 0 Å². The Balaban J connectivity index is 1.35. The van der Waals surface area contributed by atoms with E-state index >= 15 is 0 Å². The van der Waals surface area contributed by atoms with Crippen molar-refractivity contribution in [2.75, 3.05) is 5.73 Å². The lowest BCUT2D eigenvalue weighted by atomic mass is 9.81. The van der Waals surface area contributed by atoms with E-state index in [0.29, 0.717) is 37.5 Å². The average molecular weight is 606 g/mol. The fraction of sp³-hybridized carbons (Fsp3) is 0. The first-order valence-electron chi connectivity index (χ1n) is 13.9. The number of nitrogens with zero attached hydrogens (tertiary/aromatic N) is 2. The number of aromatic nitrogens is 1. The van der Waals surface area contributed by atoms with Gasteiger partial charge in [0.05, 0.1) is 32.7 Å². The second kappa shape index (κ2) is 9.73. The van der Waals surface area contributed by atoms with Crippen LogP contribution >= 0.6 is 11.3 Å². The molecule has 2 aliphatic rings. The van der Waals surface area contributed by atoms with Gasteiger partial charge in [-0.2, -0.15) is 0 Å². The van der Waals surface area contributed by atoms with E-state index in [9.17, 15) is 24.3 Å². The molecule has 0 bridgehead atoms. The van der Waals surface area contributed by atoms with Gasteiger partial charge >= 0.3 is 0 Å². The second-order valence-electron chi connectivity index (χ2n) is 10.7. The zero-order valence-corrected chi connectivity index (χ0v) is 24.0. The molecule has 6 aromatic rings. The molecule has 1 heterocycles. The van der Waals surface area contributed by atoms with E-state index in [-0.39, 0.29) is 62.2 Å². The number of benzene rings is 5. The minimum atomic E-state index is -0.444. The molecule has 0 unspecified atom stereocenters. The number of hydrogen-bond acceptors (Lipinski definition) is 8. The number of thiazole rings is 1. The second-order valence-corrected chi connectivity index (χ2v) is 11.7. The molecule has 0 spiro atoms. The summed E-state index contributed by atoms with van der Waals surface area (Å²) in [5.74, 6) is -1.74. The van der Waals surface area contributed by atoms with E-state index in [2.05, 4.69) is 4.99 Å². The number of fused-ring (bicyclic) bond motifs is 5. The van der Waals surface area contributed by atoms with Gasteiger partial charge in [-0.05, 0) is 30.3 Å². The minimum Gasteiger partial charge on any atom is -0.493 e. The van der Waals surface area contributed by atoms with Crippen LogP contribution in [-0.4, -0.2) is 39.1 Å². The molecule has 1 aromatic heterocycles. The topological polar surface area (TPSA) is 140 Å². The van der Waals surface area contributed by atoms with Gasteiger partial charge < -0.3 is 10.8 Å². The number of aliphatic hydroxyl groups excluding tert-OH is 1. The van der Waals surface area contributed by atoms with E-state index in [0.717, 1.165) is 0 Å². The van der Waals surface area contributed by atoms with Crippen molar-refractivity contribution in [1.29, 1.82) is 0 Å². The summed E-state index contributed by atoms with van der Waals surface area (Å²) in [6.07, 6.45) is 0. The SMILES string of the molecule is Nc1c(-c2nc3cc4c(cc3s2)C(=O)c2ccccc2C4=O)cc(N=C(O)c2ccccc2)c2c1C(=O)c1ccccc1C2=O. The van der Waals surface area contributed by atoms with Crippen molar-refractivity contribution in [3.63, 3.8) is 0 Å². The smallest absolute Gasteiger partial charge is 0.218 e. The third-order valence-electron chi connectivity index (χ3n) is 8.14. The predicted molar refractivity (Wildman–Crippen MR) is 171 cm³/mol. The standard InChI is InChI=1S/C36H19N3O5S/c37-30-24(36-39-25-14-22-23(16-27(25)45-36)32(41)19-11-5-4-10-18(19)31(22)40)15-26(38-35(44)17-8-2-1-3-9-17)28-29(30)34(43)21-13-7-6-12-20(21)33(28)42/h1-16H,37H2,(H,38,44). The molecule has 8 rings (SSSR count). The molecule has 2 aliphatic carbocycles. The van der Waals surface area contributed by atoms with E-state index in [1.54, 1.807) is 91.0 Å². The number of carbonyl (C=O) groups is 4. The number of nitrogen functional groups attached to an aromatic ring is 1. The molecule has 0 atom stereocenters. The number of anilines is 1. The molecule has 9 heteroatoms. The Labute approximate surface area is 259 Å². The minimum absolute atomic E-state index is 0.00651. The molecule has 8 nitrogen and oxygen atoms in total. The summed E-state index contributed by atoms with van der Waals surface area (Å²) in [7, 11) is 0. The number of rotatable bonds is 3. The summed E-state index contributed by atoms with van der Waals surface area (Å²) in [6, 6.07) is 26.6. The molecule has 214 valence electrons. The first-order valence-corrected chi connectivity index (χ1v) is 14.7. The first kappa shape index (κ1) is 26.6. The number of carbonyl (C=O) groups excluding carboxylic acids is 4. The summed E-state index contributed by atoms with van der Waals surface area (Å²) in [6.45, 7) is 0. The highest BCUT2D eigenvalue weighted by Crippen LogP contribution is 2.44. The molecule has 0 aliphatic heterocycles. The van der Waals surface area contributed by atoms with Crippen molar-refractivity contribution in [2.45, 2.75) is 0 Å². The lowest BCUT2D eigenvalue weighted by Crippen LogP contribution is -2.23. The Morgan fingerprint density at radius 1 is 0.622 bits per heavy atom. The van der Waals surface area contributed by atoms with Crippen LogP contribution in [0.2, 0.25) is 0 Å². The van der Waals surface area contributed by atoms with Gasteiger partial charge in [0.15, 0.2) is 23.1 Å². The first-order chi connectivity index (χ1) is 21.8. The molecular weight excluding hydrogens is 586 g/mol. The summed E-state index contributed by atoms with van der Waals surface area (Å²) in [5, 5.41) is 11.3. The Hall–Kier alpha value is -6.06. The van der Waals surface area contributed by atoms with Gasteiger partial charge in [0, 0.05) is 44.5 Å². The van der Waals surface area contributed by atoms with Gasteiger partial charge in [-0.15, -0.1) is 11.3 Å². The third kappa shape index (κ3) is 3.91. The van der Waals surface area contributed by atoms with Crippen LogP contribution in [0.15, 0.2) is 102 Å². The summed E-state index contributed by atoms with van der Waals surface area (Å²) < 4.78 is 0.631. The van der Waals surface area contributed by atoms with Gasteiger partial charge in [-0.25, -0.2) is 9.98 Å². The maximum Gasteiger partial charge on any atom is 0.218 e. The number of nitrogens with two attached hydrogens (primary N) is 1. The van der Waals surface area contributed by atoms with Crippen molar-refractivity contribution in [3.8, 4) is 10.6 Å². The van der Waals surface area contributed by atoms with Crippen LogP contribution in [0.3, 0.4) is 0 Å². The lowest BCUT2D eigenvalue weighted by molar-refractivity contribution is 0.0979. The van der Waals surface area contributed by atoms with E-state index in [1.165, 1.54) is 17.4 Å². The van der Waals surface area contributed by atoms with E-state index in [4.69, 9.17) is 10.7 Å². The molecule has 0 fully saturated rings. The van der Waals surface area contributed by atoms with Crippen LogP contribution in [0.5, 0.6) is 0 Å². The highest BCUT2D eigenvalue weighted by atomic mass is 32.1. The molecule has 0 amide bonds. The predicted octanol–water partition coefficient (Wildman–Crippen LogP) is 6.73. The summed E-state index contributed by atoms with van der Waals surface area (Å²) >= 11 is 1.22. The van der Waals surface area contributed by atoms with Gasteiger partial charge in [-0.1, -0.05) is 66.7 Å². The van der Waals surface area contributed by atoms with Gasteiger partial charge in [-0.3, -0.25) is 19.2 Å². The maximum atomic E-state index is 13.9. The van der Waals surface area contributed by atoms with E-state index < -0.39 is 11.6 Å². The Morgan fingerprint density at radius 3 is 1.78 bits per heavy atom. The molecule has 5 aromatic carbocycles. The zero-order valence-electron chi connectivity index (χ0n) is 23.2. The molecule has 0 saturated carbocycles. The van der Waals surface area contributed by atoms with Crippen LogP contribution in [0, 0.1) is 0 Å². The summed E-state index contributed by atoms with van der Waals surface area (Å²) in [4.78, 5) is 63.5. The van der Waals surface area contributed by atoms with E-state index in [1.807, 2.05) is 0 Å². The maximum absolute atomic E-state index is 13.9. The van der Waals surface area contributed by atoms with Crippen LogP contribution in [0.4, 0.5) is 11.4 Å². The molecule has 45 heavy (non-hydrogen) atoms. The van der Waals surface area contributed by atoms with Crippen LogP contribution in [0.1, 0.15) is 69.2 Å². The van der Waals surface area contributed by atoms with Gasteiger partial charge in [0.2, 0.25) is 5.90 Å². The number of aliphatic imine (C=N–C) groups is 1. The molecule has 3 N–H and O–H groups in total. The third-order valence-corrected chi connectivity index (χ3v) is 9.19. The van der Waals surface area contributed by atoms with Crippen LogP contribution < -0.4 is 5.73 Å². The zero-order chi connectivity index (χ0) is 31.0. The number of aliphatic hydroxyl groups is 1. The number of ketones is 4. The number of hydrogen-bond donors (Lipinski definition) is 2. The molecule has 0 radical (unpaired) electrons. The van der Waals surface area contributed by atoms with Crippen molar-refractivity contribution in [3.05, 3.63) is 147 Å². The van der Waals surface area contributed by atoms with Crippen molar-refractivity contribution in [1.82, 2.24) is 4.98 Å².